The molecule has 54 heavy (non-hydrogen) atoms. The summed E-state index contributed by atoms with van der Waals surface area (Å²) in [5.74, 6) is 0.265. The van der Waals surface area contributed by atoms with Gasteiger partial charge in [0.05, 0.1) is 35.0 Å². The molecule has 2 N–H and O–H groups in total. The number of rotatable bonds is 9. The zero-order chi connectivity index (χ0) is 37.4. The molecule has 5 aliphatic rings. The molecule has 2 bridgehead atoms. The molecule has 4 aromatic rings. The lowest BCUT2D eigenvalue weighted by Gasteiger charge is -2.35. The van der Waals surface area contributed by atoms with Crippen LogP contribution in [0, 0.1) is 10.8 Å². The number of halogens is 1. The maximum atomic E-state index is 14.3. The summed E-state index contributed by atoms with van der Waals surface area (Å²) in [5, 5.41) is 20.5. The van der Waals surface area contributed by atoms with Crippen molar-refractivity contribution in [3.63, 3.8) is 0 Å². The van der Waals surface area contributed by atoms with E-state index in [0.717, 1.165) is 109 Å². The molecule has 1 saturated heterocycles. The Balaban J connectivity index is 0.942. The number of hydrogen-bond donors (Lipinski definition) is 2. The second kappa shape index (κ2) is 13.5. The van der Waals surface area contributed by atoms with Crippen LogP contribution < -0.4 is 9.64 Å². The van der Waals surface area contributed by atoms with Crippen LogP contribution in [0.1, 0.15) is 71.7 Å². The second-order valence-corrected chi connectivity index (χ2v) is 16.7. The zero-order valence-corrected chi connectivity index (χ0v) is 31.7. The fourth-order valence-corrected chi connectivity index (χ4v) is 10.6. The van der Waals surface area contributed by atoms with Crippen LogP contribution in [0.5, 0.6) is 5.88 Å². The number of hydrogen-bond acceptors (Lipinski definition) is 8. The summed E-state index contributed by atoms with van der Waals surface area (Å²) in [4.78, 5) is 42.7. The van der Waals surface area contributed by atoms with E-state index >= 15 is 0 Å². The Morgan fingerprint density at radius 2 is 1.72 bits per heavy atom. The molecule has 1 amide bonds. The number of imidazole rings is 1. The Hall–Kier alpha value is -4.29. The van der Waals surface area contributed by atoms with E-state index in [4.69, 9.17) is 26.3 Å². The normalized spacial score (nSPS) is 25.0. The van der Waals surface area contributed by atoms with Gasteiger partial charge in [-0.3, -0.25) is 19.4 Å². The van der Waals surface area contributed by atoms with Gasteiger partial charge in [0.15, 0.2) is 5.82 Å². The number of carbonyl (C=O) groups is 2. The van der Waals surface area contributed by atoms with Crippen LogP contribution in [0.3, 0.4) is 0 Å². The van der Waals surface area contributed by atoms with Gasteiger partial charge < -0.3 is 24.4 Å². The van der Waals surface area contributed by atoms with E-state index < -0.39 is 11.4 Å². The number of carbonyl (C=O) groups excluding carboxylic acids is 1. The summed E-state index contributed by atoms with van der Waals surface area (Å²) in [6.45, 7) is 5.15. The second-order valence-electron chi connectivity index (χ2n) is 16.3. The van der Waals surface area contributed by atoms with Crippen LogP contribution in [0.15, 0.2) is 48.5 Å². The van der Waals surface area contributed by atoms with Crippen molar-refractivity contribution in [2.45, 2.75) is 70.6 Å². The molecule has 11 nitrogen and oxygen atoms in total. The van der Waals surface area contributed by atoms with E-state index in [9.17, 15) is 19.8 Å². The summed E-state index contributed by atoms with van der Waals surface area (Å²) >= 11 is 7.21. The lowest BCUT2D eigenvalue weighted by Crippen LogP contribution is -2.39. The molecule has 2 aromatic carbocycles. The lowest BCUT2D eigenvalue weighted by molar-refractivity contribution is -0.148. The molecule has 3 fully saturated rings. The molecule has 12 heteroatoms. The highest BCUT2D eigenvalue weighted by Crippen LogP contribution is 2.62. The Morgan fingerprint density at radius 3 is 2.46 bits per heavy atom. The van der Waals surface area contributed by atoms with Crippen molar-refractivity contribution in [2.75, 3.05) is 44.7 Å². The van der Waals surface area contributed by atoms with Gasteiger partial charge in [-0.25, -0.2) is 9.97 Å². The van der Waals surface area contributed by atoms with Crippen molar-refractivity contribution in [3.05, 3.63) is 81.9 Å². The molecular formula is C42H47ClN6O5. The van der Waals surface area contributed by atoms with Crippen LogP contribution in [0.4, 0.5) is 5.69 Å². The molecule has 2 aliphatic carbocycles. The lowest BCUT2D eigenvalue weighted by atomic mass is 9.81. The molecule has 0 spiro atoms. The van der Waals surface area contributed by atoms with E-state index in [2.05, 4.69) is 15.9 Å². The van der Waals surface area contributed by atoms with Gasteiger partial charge in [0.25, 0.3) is 5.91 Å². The SMILES string of the molecule is COc1nc(-c2cccc(-c3cccc4c3CCN4C(=O)c3nc4c(n3C)CCN(CC35CCC(C(=O)O)(CC3)C5)C4)c2Cl)ccc1CN1CC[C@@H](O)C1. The third-order valence-corrected chi connectivity index (χ3v) is 13.5. The van der Waals surface area contributed by atoms with E-state index in [1.165, 1.54) is 0 Å². The van der Waals surface area contributed by atoms with E-state index in [1.807, 2.05) is 59.0 Å². The van der Waals surface area contributed by atoms with Crippen molar-refractivity contribution in [3.8, 4) is 28.3 Å². The molecule has 2 aromatic heterocycles. The molecule has 9 rings (SSSR count). The Labute approximate surface area is 320 Å². The number of amides is 1. The third-order valence-electron chi connectivity index (χ3n) is 13.1. The average molecular weight is 751 g/mol. The Bertz CT molecular complexity index is 2160. The summed E-state index contributed by atoms with van der Waals surface area (Å²) in [6.07, 6.45) is 6.30. The quantitative estimate of drug-likeness (QED) is 0.213. The first kappa shape index (κ1) is 35.4. The predicted molar refractivity (Wildman–Crippen MR) is 206 cm³/mol. The van der Waals surface area contributed by atoms with Crippen molar-refractivity contribution in [2.24, 2.45) is 17.9 Å². The molecule has 1 atom stereocenters. The minimum absolute atomic E-state index is 0.0791. The molecular weight excluding hydrogens is 704 g/mol. The van der Waals surface area contributed by atoms with Crippen LogP contribution in [-0.2, 0) is 37.8 Å². The number of carboxylic acid groups (broad SMARTS) is 1. The number of β-amino-alcohol motifs (C(OH)–C–C–N with tert-alkyl or cyclic N) is 1. The number of nitrogens with zero attached hydrogens (tertiary/aromatic N) is 6. The number of pyridine rings is 1. The number of aliphatic hydroxyl groups excluding tert-OH is 1. The molecule has 0 unspecified atom stereocenters. The average Bonchev–Trinajstić information content (AvgIpc) is 4.01. The first-order chi connectivity index (χ1) is 26.1. The number of carboxylic acids is 1. The van der Waals surface area contributed by atoms with Crippen LogP contribution in [0.25, 0.3) is 22.4 Å². The topological polar surface area (TPSA) is 124 Å². The van der Waals surface area contributed by atoms with Gasteiger partial charge in [-0.2, -0.15) is 0 Å². The number of fused-ring (bicyclic) bond motifs is 4. The summed E-state index contributed by atoms with van der Waals surface area (Å²) in [7, 11) is 3.58. The monoisotopic (exact) mass is 750 g/mol. The van der Waals surface area contributed by atoms with E-state index in [-0.39, 0.29) is 17.4 Å². The highest BCUT2D eigenvalue weighted by Gasteiger charge is 2.58. The molecule has 0 radical (unpaired) electrons. The van der Waals surface area contributed by atoms with Crippen LogP contribution >= 0.6 is 11.6 Å². The van der Waals surface area contributed by atoms with E-state index in [1.54, 1.807) is 7.11 Å². The highest BCUT2D eigenvalue weighted by molar-refractivity contribution is 6.36. The molecule has 2 saturated carbocycles. The van der Waals surface area contributed by atoms with Gasteiger partial charge in [-0.05, 0) is 73.6 Å². The maximum Gasteiger partial charge on any atom is 0.309 e. The summed E-state index contributed by atoms with van der Waals surface area (Å²) in [6, 6.07) is 16.1. The van der Waals surface area contributed by atoms with Crippen molar-refractivity contribution >= 4 is 29.2 Å². The molecule has 282 valence electrons. The largest absolute Gasteiger partial charge is 0.481 e. The number of likely N-dealkylation sites (tertiary alicyclic amines) is 1. The van der Waals surface area contributed by atoms with Gasteiger partial charge in [0.2, 0.25) is 5.88 Å². The number of methoxy groups -OCH3 is 1. The fourth-order valence-electron chi connectivity index (χ4n) is 10.3. The fraction of sp³-hybridized carbons (Fsp3) is 0.476. The van der Waals surface area contributed by atoms with Gasteiger partial charge in [0, 0.05) is 87.4 Å². The zero-order valence-electron chi connectivity index (χ0n) is 31.0. The Morgan fingerprint density at radius 1 is 0.944 bits per heavy atom. The molecule has 5 heterocycles. The number of ether oxygens (including phenoxy) is 1. The standard InChI is InChI=1S/C42H47ClN6O5/c1-46-35-13-19-48(25-41-14-16-42(24-41,17-15-41)40(52)53)23-33(35)44-37(46)39(51)49-20-12-29-28(5-4-8-34(29)49)30-6-3-7-31(36(30)43)32-10-9-26(38(45-32)54-2)21-47-18-11-27(50)22-47/h3-10,27,50H,11-25H2,1-2H3,(H,52,53)/t27-,41?,42?/m1/s1. The van der Waals surface area contributed by atoms with Crippen LogP contribution in [-0.4, -0.2) is 92.4 Å². The predicted octanol–water partition coefficient (Wildman–Crippen LogP) is 5.97. The smallest absolute Gasteiger partial charge is 0.309 e. The minimum Gasteiger partial charge on any atom is -0.481 e. The van der Waals surface area contributed by atoms with Crippen molar-refractivity contribution in [1.29, 1.82) is 0 Å². The van der Waals surface area contributed by atoms with Gasteiger partial charge in [0.1, 0.15) is 0 Å². The first-order valence-electron chi connectivity index (χ1n) is 19.2. The number of benzene rings is 2. The van der Waals surface area contributed by atoms with Crippen molar-refractivity contribution < 1.29 is 24.5 Å². The Kier molecular flexibility index (Phi) is 8.84. The number of aromatic nitrogens is 3. The van der Waals surface area contributed by atoms with Gasteiger partial charge in [-0.15, -0.1) is 0 Å². The maximum absolute atomic E-state index is 14.3. The number of aliphatic hydroxyl groups is 1. The summed E-state index contributed by atoms with van der Waals surface area (Å²) in [5.41, 5.74) is 7.92. The van der Waals surface area contributed by atoms with E-state index in [0.29, 0.717) is 55.0 Å². The number of anilines is 1. The third kappa shape index (κ3) is 5.91. The summed E-state index contributed by atoms with van der Waals surface area (Å²) < 4.78 is 7.69. The first-order valence-corrected chi connectivity index (χ1v) is 19.6. The number of aliphatic carboxylic acids is 1. The van der Waals surface area contributed by atoms with Gasteiger partial charge in [-0.1, -0.05) is 48.0 Å². The molecule has 3 aliphatic heterocycles. The highest BCUT2D eigenvalue weighted by atomic mass is 35.5. The van der Waals surface area contributed by atoms with Crippen molar-refractivity contribution in [1.82, 2.24) is 24.3 Å². The minimum atomic E-state index is -0.626. The van der Waals surface area contributed by atoms with Crippen LogP contribution in [0.2, 0.25) is 5.02 Å². The van der Waals surface area contributed by atoms with Gasteiger partial charge >= 0.3 is 5.97 Å².